The molecule has 0 heterocycles. The van der Waals surface area contributed by atoms with E-state index in [9.17, 15) is 0 Å². The zero-order valence-corrected chi connectivity index (χ0v) is 12.5. The molecule has 38 valence electrons. The fraction of sp³-hybridized carbons (Fsp3) is 0.667. The third-order valence-corrected chi connectivity index (χ3v) is 1.10. The van der Waals surface area contributed by atoms with Gasteiger partial charge >= 0.3 is 80.9 Å². The van der Waals surface area contributed by atoms with Gasteiger partial charge in [-0.3, -0.25) is 0 Å². The van der Waals surface area contributed by atoms with Crippen molar-refractivity contribution >= 4 is 29.2 Å². The first kappa shape index (κ1) is 17.0. The molecule has 1 nitrogen and oxygen atoms in total. The summed E-state index contributed by atoms with van der Waals surface area (Å²) in [6.07, 6.45) is 0. The van der Waals surface area contributed by atoms with E-state index in [1.807, 2.05) is 14.1 Å². The van der Waals surface area contributed by atoms with Crippen molar-refractivity contribution in [2.24, 2.45) is 0 Å². The van der Waals surface area contributed by atoms with Crippen LogP contribution in [0.5, 0.6) is 0 Å². The third kappa shape index (κ3) is 11.5. The van der Waals surface area contributed by atoms with Crippen LogP contribution < -0.4 is 80.9 Å². The molecule has 0 aromatic heterocycles. The first-order valence-electron chi connectivity index (χ1n) is 1.53. The van der Waals surface area contributed by atoms with E-state index in [0.717, 1.165) is 0 Å². The van der Waals surface area contributed by atoms with E-state index in [1.54, 1.807) is 4.90 Å². The van der Waals surface area contributed by atoms with Crippen molar-refractivity contribution in [3.8, 4) is 0 Å². The zero-order chi connectivity index (χ0) is 5.15. The maximum Gasteiger partial charge on any atom is 1.00 e. The average Bonchev–Trinajstić information content (AvgIpc) is 1.36. The fourth-order valence-electron chi connectivity index (χ4n) is 0. The maximum atomic E-state index is 4.56. The van der Waals surface area contributed by atoms with Crippen molar-refractivity contribution in [1.82, 2.24) is 4.90 Å². The van der Waals surface area contributed by atoms with Crippen LogP contribution >= 0.6 is 12.2 Å². The minimum absolute atomic E-state index is 0. The summed E-state index contributed by atoms with van der Waals surface area (Å²) in [7, 11) is 3.66. The van der Waals surface area contributed by atoms with Crippen LogP contribution in [0.2, 0.25) is 0 Å². The van der Waals surface area contributed by atoms with Crippen LogP contribution in [0.3, 0.4) is 0 Å². The Labute approximate surface area is 128 Å². The quantitative estimate of drug-likeness (QED) is 0.210. The molecule has 0 atom stereocenters. The summed E-state index contributed by atoms with van der Waals surface area (Å²) in [4.78, 5) is 1.71. The Bertz CT molecular complexity index is 72.8. The Morgan fingerprint density at radius 3 is 1.75 bits per heavy atom. The summed E-state index contributed by atoms with van der Waals surface area (Å²) < 4.78 is 0.509. The van der Waals surface area contributed by atoms with E-state index in [-0.39, 0.29) is 82.4 Å². The van der Waals surface area contributed by atoms with E-state index in [4.69, 9.17) is 0 Å². The summed E-state index contributed by atoms with van der Waals surface area (Å²) in [5.41, 5.74) is 0. The van der Waals surface area contributed by atoms with E-state index in [2.05, 4.69) is 24.8 Å². The molecule has 0 fully saturated rings. The molecule has 8 heavy (non-hydrogen) atoms. The summed E-state index contributed by atoms with van der Waals surface area (Å²) >= 11 is 9.12. The van der Waals surface area contributed by atoms with Crippen molar-refractivity contribution in [3.05, 3.63) is 0 Å². The number of nitrogens with zero attached hydrogens (tertiary/aromatic N) is 1. The van der Waals surface area contributed by atoms with Crippen LogP contribution in [-0.2, 0) is 12.6 Å². The Hall–Kier alpha value is 2.75. The van der Waals surface area contributed by atoms with Gasteiger partial charge in [-0.2, -0.15) is 0 Å². The number of rotatable bonds is 0. The van der Waals surface area contributed by atoms with Gasteiger partial charge in [-0.1, -0.05) is 4.32 Å². The summed E-state index contributed by atoms with van der Waals surface area (Å²) in [5.74, 6) is 0. The molecule has 0 saturated carbocycles. The molecule has 0 radical (unpaired) electrons. The molecule has 0 spiro atoms. The van der Waals surface area contributed by atoms with Gasteiger partial charge < -0.3 is 31.2 Å². The molecule has 0 aliphatic heterocycles. The maximum absolute atomic E-state index is 4.56. The molecule has 5 heteroatoms. The zero-order valence-electron chi connectivity index (χ0n) is 6.76. The van der Waals surface area contributed by atoms with Crippen molar-refractivity contribution in [1.29, 1.82) is 0 Å². The monoisotopic (exact) mass is 183 g/mol. The van der Waals surface area contributed by atoms with Crippen molar-refractivity contribution < 1.29 is 82.4 Å². The van der Waals surface area contributed by atoms with Gasteiger partial charge in [-0.05, 0) is 0 Å². The standard InChI is InChI=1S/C3H7NS2.K.Na.H/c1-4(2)3(5)6;;;/h1-2H3,(H,5,6);;;/q;2*+1;-1/p-1. The van der Waals surface area contributed by atoms with Gasteiger partial charge in [0.1, 0.15) is 0 Å². The Kier molecular flexibility index (Phi) is 20.7. The molecule has 0 aromatic carbocycles. The molecular weight excluding hydrogens is 176 g/mol. The minimum Gasteiger partial charge on any atom is -1.00 e. The van der Waals surface area contributed by atoms with Crippen molar-refractivity contribution in [2.75, 3.05) is 14.1 Å². The predicted molar refractivity (Wildman–Crippen MR) is 34.8 cm³/mol. The van der Waals surface area contributed by atoms with Crippen LogP contribution in [0.1, 0.15) is 1.43 Å². The molecule has 0 rings (SSSR count). The molecule has 0 aliphatic carbocycles. The summed E-state index contributed by atoms with van der Waals surface area (Å²) in [6.45, 7) is 0. The Balaban J connectivity index is -0.0000000417. The van der Waals surface area contributed by atoms with Crippen molar-refractivity contribution in [3.63, 3.8) is 0 Å². The van der Waals surface area contributed by atoms with Gasteiger partial charge in [0.05, 0.1) is 0 Å². The topological polar surface area (TPSA) is 3.24 Å². The van der Waals surface area contributed by atoms with E-state index in [0.29, 0.717) is 4.32 Å². The van der Waals surface area contributed by atoms with E-state index < -0.39 is 0 Å². The minimum atomic E-state index is 0. The van der Waals surface area contributed by atoms with Gasteiger partial charge in [-0.15, -0.1) is 0 Å². The van der Waals surface area contributed by atoms with Crippen molar-refractivity contribution in [2.45, 2.75) is 0 Å². The second kappa shape index (κ2) is 9.75. The number of hydrogen-bond donors (Lipinski definition) is 0. The summed E-state index contributed by atoms with van der Waals surface area (Å²) in [5, 5.41) is 0. The largest absolute Gasteiger partial charge is 1.00 e. The molecule has 0 N–H and O–H groups in total. The number of thiocarbonyl (C=S) groups is 1. The van der Waals surface area contributed by atoms with Gasteiger partial charge in [0, 0.05) is 14.1 Å². The Morgan fingerprint density at radius 1 is 1.62 bits per heavy atom. The van der Waals surface area contributed by atoms with Crippen LogP contribution in [-0.4, -0.2) is 23.3 Å². The van der Waals surface area contributed by atoms with Crippen LogP contribution in [0.25, 0.3) is 0 Å². The van der Waals surface area contributed by atoms with Crippen LogP contribution in [0.4, 0.5) is 0 Å². The van der Waals surface area contributed by atoms with E-state index in [1.165, 1.54) is 0 Å². The smallest absolute Gasteiger partial charge is 1.00 e. The first-order chi connectivity index (χ1) is 2.64. The molecule has 0 aliphatic rings. The van der Waals surface area contributed by atoms with Crippen LogP contribution in [0, 0.1) is 0 Å². The number of hydrogen-bond acceptors (Lipinski definition) is 2. The normalized spacial score (nSPS) is 5.75. The van der Waals surface area contributed by atoms with Gasteiger partial charge in [0.2, 0.25) is 0 Å². The fourth-order valence-corrected chi connectivity index (χ4v) is 0. The second-order valence-corrected chi connectivity index (χ2v) is 2.19. The summed E-state index contributed by atoms with van der Waals surface area (Å²) in [6, 6.07) is 0. The van der Waals surface area contributed by atoms with Gasteiger partial charge in [0.25, 0.3) is 0 Å². The molecule has 0 unspecified atom stereocenters. The predicted octanol–water partition coefficient (Wildman–Crippen LogP) is -5.50. The molecule has 0 bridgehead atoms. The SMILES string of the molecule is CN(C)C(=S)[S-].[H-].[K+].[Na+]. The van der Waals surface area contributed by atoms with Gasteiger partial charge in [0.15, 0.2) is 0 Å². The third-order valence-electron chi connectivity index (χ3n) is 0.365. The van der Waals surface area contributed by atoms with Crippen LogP contribution in [0.15, 0.2) is 0 Å². The second-order valence-electron chi connectivity index (χ2n) is 1.16. The average molecular weight is 183 g/mol. The van der Waals surface area contributed by atoms with E-state index >= 15 is 0 Å². The first-order valence-corrected chi connectivity index (χ1v) is 2.34. The van der Waals surface area contributed by atoms with Gasteiger partial charge in [-0.25, -0.2) is 0 Å². The molecule has 0 aromatic rings. The Morgan fingerprint density at radius 2 is 1.75 bits per heavy atom. The molecule has 0 saturated heterocycles. The molecule has 0 amide bonds. The molecular formula is C3H7KNNaS2.